The lowest BCUT2D eigenvalue weighted by molar-refractivity contribution is 0.180. The summed E-state index contributed by atoms with van der Waals surface area (Å²) in [6.45, 7) is 5.60. The van der Waals surface area contributed by atoms with Crippen molar-refractivity contribution in [3.05, 3.63) is 18.6 Å². The smallest absolute Gasteiger partial charge is 0.180 e. The quantitative estimate of drug-likeness (QED) is 0.882. The first-order valence-corrected chi connectivity index (χ1v) is 7.77. The van der Waals surface area contributed by atoms with Gasteiger partial charge >= 0.3 is 0 Å². The predicted molar refractivity (Wildman–Crippen MR) is 85.9 cm³/mol. The Kier molecular flexibility index (Phi) is 4.24. The highest BCUT2D eigenvalue weighted by Gasteiger charge is 2.17. The molecular formula is C15H24N6. The molecule has 6 nitrogen and oxygen atoms in total. The fourth-order valence-electron chi connectivity index (χ4n) is 2.90. The standard InChI is InChI=1S/C15H24N6/c1-12(20-7-4-3-5-8-20)10-18-14-15-17-6-9-21(15)11-13(16-2)19-14/h6,9,11-12,16H,3-5,7-8,10H2,1-2H3,(H,18,19). The van der Waals surface area contributed by atoms with Crippen LogP contribution in [-0.2, 0) is 0 Å². The van der Waals surface area contributed by atoms with Gasteiger partial charge in [-0.15, -0.1) is 0 Å². The number of likely N-dealkylation sites (tertiary alicyclic amines) is 1. The molecule has 1 aliphatic heterocycles. The third-order valence-corrected chi connectivity index (χ3v) is 4.21. The highest BCUT2D eigenvalue weighted by molar-refractivity contribution is 5.65. The van der Waals surface area contributed by atoms with Crippen molar-refractivity contribution >= 4 is 17.3 Å². The minimum absolute atomic E-state index is 0.514. The Balaban J connectivity index is 1.70. The van der Waals surface area contributed by atoms with Crippen molar-refractivity contribution in [1.82, 2.24) is 19.3 Å². The van der Waals surface area contributed by atoms with E-state index in [-0.39, 0.29) is 0 Å². The van der Waals surface area contributed by atoms with Crippen molar-refractivity contribution < 1.29 is 0 Å². The highest BCUT2D eigenvalue weighted by atomic mass is 15.2. The second kappa shape index (κ2) is 6.30. The number of anilines is 2. The van der Waals surface area contributed by atoms with Crippen LogP contribution in [0.2, 0.25) is 0 Å². The molecule has 114 valence electrons. The Morgan fingerprint density at radius 3 is 2.86 bits per heavy atom. The van der Waals surface area contributed by atoms with Crippen molar-refractivity contribution in [3.63, 3.8) is 0 Å². The van der Waals surface area contributed by atoms with Crippen molar-refractivity contribution in [2.75, 3.05) is 37.3 Å². The zero-order chi connectivity index (χ0) is 14.7. The molecule has 3 rings (SSSR count). The fourth-order valence-corrected chi connectivity index (χ4v) is 2.90. The monoisotopic (exact) mass is 288 g/mol. The molecule has 1 fully saturated rings. The second-order valence-corrected chi connectivity index (χ2v) is 5.71. The lowest BCUT2D eigenvalue weighted by Crippen LogP contribution is -2.41. The molecule has 1 saturated heterocycles. The maximum absolute atomic E-state index is 4.58. The topological polar surface area (TPSA) is 57.5 Å². The molecule has 3 heterocycles. The number of piperidine rings is 1. The first-order valence-electron chi connectivity index (χ1n) is 7.77. The number of imidazole rings is 1. The second-order valence-electron chi connectivity index (χ2n) is 5.71. The number of rotatable bonds is 5. The van der Waals surface area contributed by atoms with E-state index in [2.05, 4.69) is 32.4 Å². The number of hydrogen-bond donors (Lipinski definition) is 2. The molecule has 1 atom stereocenters. The zero-order valence-corrected chi connectivity index (χ0v) is 12.8. The van der Waals surface area contributed by atoms with Crippen LogP contribution in [0.4, 0.5) is 11.6 Å². The molecule has 0 radical (unpaired) electrons. The number of fused-ring (bicyclic) bond motifs is 1. The van der Waals surface area contributed by atoms with Gasteiger partial charge in [-0.2, -0.15) is 0 Å². The van der Waals surface area contributed by atoms with Gasteiger partial charge in [-0.3, -0.25) is 4.90 Å². The van der Waals surface area contributed by atoms with Gasteiger partial charge in [0.2, 0.25) is 0 Å². The van der Waals surface area contributed by atoms with Gasteiger partial charge in [-0.05, 0) is 32.9 Å². The van der Waals surface area contributed by atoms with Crippen molar-refractivity contribution in [2.45, 2.75) is 32.2 Å². The minimum Gasteiger partial charge on any atom is -0.372 e. The van der Waals surface area contributed by atoms with Gasteiger partial charge in [0.05, 0.1) is 6.20 Å². The van der Waals surface area contributed by atoms with Crippen molar-refractivity contribution in [1.29, 1.82) is 0 Å². The van der Waals surface area contributed by atoms with E-state index in [9.17, 15) is 0 Å². The Labute approximate surface area is 125 Å². The maximum atomic E-state index is 4.58. The molecule has 21 heavy (non-hydrogen) atoms. The van der Waals surface area contributed by atoms with Crippen LogP contribution in [0.25, 0.3) is 5.65 Å². The molecule has 0 aromatic carbocycles. The molecule has 0 amide bonds. The zero-order valence-electron chi connectivity index (χ0n) is 12.8. The summed E-state index contributed by atoms with van der Waals surface area (Å²) in [4.78, 5) is 11.5. The summed E-state index contributed by atoms with van der Waals surface area (Å²) in [5.41, 5.74) is 0.875. The Hall–Kier alpha value is -1.82. The van der Waals surface area contributed by atoms with Gasteiger partial charge in [0, 0.05) is 32.0 Å². The molecule has 0 aliphatic carbocycles. The van der Waals surface area contributed by atoms with E-state index in [0.29, 0.717) is 6.04 Å². The van der Waals surface area contributed by atoms with E-state index in [1.54, 1.807) is 6.20 Å². The van der Waals surface area contributed by atoms with Crippen LogP contribution in [0.15, 0.2) is 18.6 Å². The van der Waals surface area contributed by atoms with Crippen LogP contribution in [-0.4, -0.2) is 52.0 Å². The van der Waals surface area contributed by atoms with E-state index in [1.165, 1.54) is 32.4 Å². The van der Waals surface area contributed by atoms with Crippen LogP contribution >= 0.6 is 0 Å². The molecular weight excluding hydrogens is 264 g/mol. The average Bonchev–Trinajstić information content (AvgIpc) is 3.01. The molecule has 1 aliphatic rings. The lowest BCUT2D eigenvalue weighted by Gasteiger charge is -2.32. The van der Waals surface area contributed by atoms with E-state index in [0.717, 1.165) is 23.8 Å². The van der Waals surface area contributed by atoms with Gasteiger partial charge < -0.3 is 15.0 Å². The summed E-state index contributed by atoms with van der Waals surface area (Å²) < 4.78 is 1.99. The molecule has 0 spiro atoms. The van der Waals surface area contributed by atoms with Gasteiger partial charge in [0.1, 0.15) is 5.82 Å². The number of aromatic nitrogens is 3. The largest absolute Gasteiger partial charge is 0.372 e. The molecule has 0 bridgehead atoms. The number of nitrogens with zero attached hydrogens (tertiary/aromatic N) is 4. The lowest BCUT2D eigenvalue weighted by atomic mass is 10.1. The van der Waals surface area contributed by atoms with Crippen LogP contribution < -0.4 is 10.6 Å². The SMILES string of the molecule is CNc1cn2ccnc2c(NCC(C)N2CCCCC2)n1. The normalized spacial score (nSPS) is 17.8. The first-order chi connectivity index (χ1) is 10.3. The Morgan fingerprint density at radius 2 is 2.10 bits per heavy atom. The summed E-state index contributed by atoms with van der Waals surface area (Å²) in [6.07, 6.45) is 9.70. The minimum atomic E-state index is 0.514. The van der Waals surface area contributed by atoms with Gasteiger partial charge in [-0.1, -0.05) is 6.42 Å². The summed E-state index contributed by atoms with van der Waals surface area (Å²) in [6, 6.07) is 0.514. The third-order valence-electron chi connectivity index (χ3n) is 4.21. The fraction of sp³-hybridized carbons (Fsp3) is 0.600. The molecule has 2 N–H and O–H groups in total. The molecule has 2 aromatic heterocycles. The Bertz CT molecular complexity index is 587. The predicted octanol–water partition coefficient (Wildman–Crippen LogP) is 2.06. The van der Waals surface area contributed by atoms with Crippen molar-refractivity contribution in [3.8, 4) is 0 Å². The third kappa shape index (κ3) is 3.10. The van der Waals surface area contributed by atoms with Gasteiger partial charge in [0.15, 0.2) is 11.5 Å². The van der Waals surface area contributed by atoms with Crippen LogP contribution in [0.3, 0.4) is 0 Å². The van der Waals surface area contributed by atoms with Crippen LogP contribution in [0, 0.1) is 0 Å². The average molecular weight is 288 g/mol. The summed E-state index contributed by atoms with van der Waals surface area (Å²) in [7, 11) is 1.88. The summed E-state index contributed by atoms with van der Waals surface area (Å²) >= 11 is 0. The van der Waals surface area contributed by atoms with Crippen molar-refractivity contribution in [2.24, 2.45) is 0 Å². The highest BCUT2D eigenvalue weighted by Crippen LogP contribution is 2.17. The number of hydrogen-bond acceptors (Lipinski definition) is 5. The summed E-state index contributed by atoms with van der Waals surface area (Å²) in [5, 5.41) is 6.56. The van der Waals surface area contributed by atoms with Crippen LogP contribution in [0.1, 0.15) is 26.2 Å². The van der Waals surface area contributed by atoms with Gasteiger partial charge in [0.25, 0.3) is 0 Å². The van der Waals surface area contributed by atoms with E-state index in [1.807, 2.05) is 23.8 Å². The van der Waals surface area contributed by atoms with Crippen LogP contribution in [0.5, 0.6) is 0 Å². The summed E-state index contributed by atoms with van der Waals surface area (Å²) in [5.74, 6) is 1.68. The van der Waals surface area contributed by atoms with E-state index >= 15 is 0 Å². The Morgan fingerprint density at radius 1 is 1.29 bits per heavy atom. The van der Waals surface area contributed by atoms with Gasteiger partial charge in [-0.25, -0.2) is 9.97 Å². The van der Waals surface area contributed by atoms with E-state index < -0.39 is 0 Å². The number of nitrogens with one attached hydrogen (secondary N) is 2. The molecule has 0 saturated carbocycles. The molecule has 1 unspecified atom stereocenters. The first kappa shape index (κ1) is 14.1. The molecule has 2 aromatic rings. The van der Waals surface area contributed by atoms with E-state index in [4.69, 9.17) is 0 Å². The maximum Gasteiger partial charge on any atom is 0.180 e. The molecule has 6 heteroatoms.